The van der Waals surface area contributed by atoms with E-state index in [1.807, 2.05) is 36.5 Å². The van der Waals surface area contributed by atoms with Crippen molar-refractivity contribution in [3.05, 3.63) is 77.6 Å². The van der Waals surface area contributed by atoms with E-state index >= 15 is 0 Å². The molecule has 2 aromatic heterocycles. The van der Waals surface area contributed by atoms with Crippen LogP contribution in [-0.4, -0.2) is 70.7 Å². The molecule has 4 aromatic rings. The molecule has 7 heteroatoms. The van der Waals surface area contributed by atoms with E-state index in [2.05, 4.69) is 34.1 Å². The van der Waals surface area contributed by atoms with Crippen LogP contribution in [0.5, 0.6) is 0 Å². The summed E-state index contributed by atoms with van der Waals surface area (Å²) in [4.78, 5) is 25.1. The topological polar surface area (TPSA) is 81.7 Å². The van der Waals surface area contributed by atoms with Gasteiger partial charge in [0, 0.05) is 50.3 Å². The summed E-state index contributed by atoms with van der Waals surface area (Å²) in [5, 5.41) is 11.3. The predicted octanol–water partition coefficient (Wildman–Crippen LogP) is 3.35. The molecule has 2 N–H and O–H groups in total. The maximum absolute atomic E-state index is 13.1. The Hall–Kier alpha value is -3.26. The zero-order valence-electron chi connectivity index (χ0n) is 18.7. The van der Waals surface area contributed by atoms with Gasteiger partial charge >= 0.3 is 0 Å². The Labute approximate surface area is 192 Å². The second-order valence-corrected chi connectivity index (χ2v) is 8.56. The molecular formula is C26H28N4O3. The van der Waals surface area contributed by atoms with Gasteiger partial charge in [0.05, 0.1) is 30.0 Å². The summed E-state index contributed by atoms with van der Waals surface area (Å²) < 4.78 is 6.11. The summed E-state index contributed by atoms with van der Waals surface area (Å²) in [5.41, 5.74) is 4.53. The van der Waals surface area contributed by atoms with Crippen molar-refractivity contribution in [2.24, 2.45) is 0 Å². The average Bonchev–Trinajstić information content (AvgIpc) is 3.31. The van der Waals surface area contributed by atoms with E-state index in [0.717, 1.165) is 35.2 Å². The van der Waals surface area contributed by atoms with Crippen molar-refractivity contribution in [1.29, 1.82) is 0 Å². The van der Waals surface area contributed by atoms with Gasteiger partial charge in [-0.2, -0.15) is 0 Å². The Morgan fingerprint density at radius 3 is 3.00 bits per heavy atom. The number of para-hydroxylation sites is 1. The zero-order chi connectivity index (χ0) is 22.8. The number of pyridine rings is 1. The highest BCUT2D eigenvalue weighted by Gasteiger charge is 2.26. The van der Waals surface area contributed by atoms with E-state index in [-0.39, 0.29) is 25.2 Å². The van der Waals surface area contributed by atoms with Gasteiger partial charge in [-0.1, -0.05) is 24.3 Å². The molecule has 1 atom stereocenters. The number of aliphatic hydroxyl groups is 1. The minimum Gasteiger partial charge on any atom is -0.395 e. The number of rotatable bonds is 6. The third-order valence-electron chi connectivity index (χ3n) is 6.25. The van der Waals surface area contributed by atoms with Gasteiger partial charge in [0.25, 0.3) is 5.91 Å². The molecule has 7 nitrogen and oxygen atoms in total. The number of amides is 1. The van der Waals surface area contributed by atoms with Crippen LogP contribution in [-0.2, 0) is 11.3 Å². The number of carbonyl (C=O) groups is 1. The number of likely N-dealkylation sites (N-methyl/N-ethyl adjacent to an activating group) is 1. The van der Waals surface area contributed by atoms with Crippen molar-refractivity contribution >= 4 is 27.7 Å². The maximum atomic E-state index is 13.1. The van der Waals surface area contributed by atoms with Gasteiger partial charge < -0.3 is 19.7 Å². The van der Waals surface area contributed by atoms with E-state index in [1.165, 1.54) is 15.8 Å². The van der Waals surface area contributed by atoms with Crippen LogP contribution in [0.2, 0.25) is 0 Å². The van der Waals surface area contributed by atoms with Crippen molar-refractivity contribution in [2.45, 2.75) is 12.6 Å². The fraction of sp³-hybridized carbons (Fsp3) is 0.308. The van der Waals surface area contributed by atoms with Crippen LogP contribution >= 0.6 is 0 Å². The standard InChI is InChI=1S/C26H28N4O3/c1-29(10-12-31)26(32)21-15-24(28-23-5-3-2-4-20(21)23)25-17-30(11-13-33-25)16-18-6-7-22-19(14-18)8-9-27-22/h2-9,14-15,25,27,31H,10-13,16-17H2,1H3/t25-/m0/s1. The largest absolute Gasteiger partial charge is 0.395 e. The summed E-state index contributed by atoms with van der Waals surface area (Å²) in [5.74, 6) is -0.128. The van der Waals surface area contributed by atoms with Crippen LogP contribution in [0.1, 0.15) is 27.7 Å². The van der Waals surface area contributed by atoms with E-state index in [9.17, 15) is 9.90 Å². The molecule has 1 fully saturated rings. The Kier molecular flexibility index (Phi) is 6.09. The van der Waals surface area contributed by atoms with E-state index in [4.69, 9.17) is 9.72 Å². The van der Waals surface area contributed by atoms with E-state index < -0.39 is 0 Å². The molecule has 1 saturated heterocycles. The molecular weight excluding hydrogens is 416 g/mol. The van der Waals surface area contributed by atoms with Gasteiger partial charge in [-0.15, -0.1) is 0 Å². The van der Waals surface area contributed by atoms with Crippen LogP contribution in [0.15, 0.2) is 60.8 Å². The number of hydrogen-bond acceptors (Lipinski definition) is 5. The van der Waals surface area contributed by atoms with Gasteiger partial charge in [-0.25, -0.2) is 4.98 Å². The number of H-pyrrole nitrogens is 1. The number of ether oxygens (including phenoxy) is 1. The van der Waals surface area contributed by atoms with Crippen LogP contribution in [0.4, 0.5) is 0 Å². The van der Waals surface area contributed by atoms with Crippen LogP contribution in [0, 0.1) is 0 Å². The molecule has 0 bridgehead atoms. The number of fused-ring (bicyclic) bond motifs is 2. The molecule has 33 heavy (non-hydrogen) atoms. The quantitative estimate of drug-likeness (QED) is 0.477. The first-order chi connectivity index (χ1) is 16.1. The Balaban J connectivity index is 1.41. The van der Waals surface area contributed by atoms with Crippen LogP contribution in [0.3, 0.4) is 0 Å². The minimum atomic E-state index is -0.214. The Morgan fingerprint density at radius 2 is 2.12 bits per heavy atom. The number of nitrogens with one attached hydrogen (secondary N) is 1. The van der Waals surface area contributed by atoms with Crippen molar-refractivity contribution in [1.82, 2.24) is 19.8 Å². The van der Waals surface area contributed by atoms with Gasteiger partial charge in [0.2, 0.25) is 0 Å². The minimum absolute atomic E-state index is 0.0760. The van der Waals surface area contributed by atoms with Crippen molar-refractivity contribution in [3.63, 3.8) is 0 Å². The molecule has 5 rings (SSSR count). The fourth-order valence-electron chi connectivity index (χ4n) is 4.48. The second kappa shape index (κ2) is 9.31. The molecule has 170 valence electrons. The zero-order valence-corrected chi connectivity index (χ0v) is 18.7. The van der Waals surface area contributed by atoms with Crippen LogP contribution < -0.4 is 0 Å². The fourth-order valence-corrected chi connectivity index (χ4v) is 4.48. The molecule has 0 spiro atoms. The number of nitrogens with zero attached hydrogens (tertiary/aromatic N) is 3. The first-order valence-electron chi connectivity index (χ1n) is 11.3. The highest BCUT2D eigenvalue weighted by atomic mass is 16.5. The third-order valence-corrected chi connectivity index (χ3v) is 6.25. The number of aromatic nitrogens is 2. The number of aromatic amines is 1. The summed E-state index contributed by atoms with van der Waals surface area (Å²) in [6, 6.07) is 18.1. The van der Waals surface area contributed by atoms with Crippen molar-refractivity contribution < 1.29 is 14.6 Å². The lowest BCUT2D eigenvalue weighted by atomic mass is 10.0. The molecule has 0 radical (unpaired) electrons. The van der Waals surface area contributed by atoms with Crippen LogP contribution in [0.25, 0.3) is 21.8 Å². The van der Waals surface area contributed by atoms with Crippen molar-refractivity contribution in [3.8, 4) is 0 Å². The Morgan fingerprint density at radius 1 is 1.24 bits per heavy atom. The van der Waals surface area contributed by atoms with Gasteiger partial charge in [0.1, 0.15) is 6.10 Å². The normalized spacial score (nSPS) is 17.0. The predicted molar refractivity (Wildman–Crippen MR) is 128 cm³/mol. The SMILES string of the molecule is CN(CCO)C(=O)c1cc([C@@H]2CN(Cc3ccc4[nH]ccc4c3)CCO2)nc2ccccc12. The molecule has 1 amide bonds. The van der Waals surface area contributed by atoms with Gasteiger partial charge in [0.15, 0.2) is 0 Å². The monoisotopic (exact) mass is 444 g/mol. The number of hydrogen-bond donors (Lipinski definition) is 2. The molecule has 2 aromatic carbocycles. The molecule has 0 unspecified atom stereocenters. The first-order valence-corrected chi connectivity index (χ1v) is 11.3. The highest BCUT2D eigenvalue weighted by molar-refractivity contribution is 6.06. The number of morpholine rings is 1. The molecule has 3 heterocycles. The van der Waals surface area contributed by atoms with Crippen molar-refractivity contribution in [2.75, 3.05) is 39.9 Å². The summed E-state index contributed by atoms with van der Waals surface area (Å²) >= 11 is 0. The highest BCUT2D eigenvalue weighted by Crippen LogP contribution is 2.27. The first kappa shape index (κ1) is 21.6. The van der Waals surface area contributed by atoms with E-state index in [1.54, 1.807) is 7.05 Å². The van der Waals surface area contributed by atoms with Gasteiger partial charge in [-0.05, 0) is 41.3 Å². The third kappa shape index (κ3) is 4.48. The maximum Gasteiger partial charge on any atom is 0.254 e. The lowest BCUT2D eigenvalue weighted by Crippen LogP contribution is -2.38. The molecule has 0 saturated carbocycles. The lowest BCUT2D eigenvalue weighted by Gasteiger charge is -2.33. The number of carbonyl (C=O) groups excluding carboxylic acids is 1. The molecule has 1 aliphatic rings. The van der Waals surface area contributed by atoms with E-state index in [0.29, 0.717) is 18.7 Å². The molecule has 0 aliphatic carbocycles. The number of benzene rings is 2. The van der Waals surface area contributed by atoms with Gasteiger partial charge in [-0.3, -0.25) is 9.69 Å². The summed E-state index contributed by atoms with van der Waals surface area (Å²) in [6.45, 7) is 3.20. The Bertz CT molecular complexity index is 1290. The lowest BCUT2D eigenvalue weighted by molar-refractivity contribution is -0.0348. The summed E-state index contributed by atoms with van der Waals surface area (Å²) in [7, 11) is 1.70. The number of aliphatic hydroxyl groups excluding tert-OH is 1. The second-order valence-electron chi connectivity index (χ2n) is 8.56. The smallest absolute Gasteiger partial charge is 0.254 e. The average molecular weight is 445 g/mol. The summed E-state index contributed by atoms with van der Waals surface area (Å²) in [6.07, 6.45) is 1.75. The molecule has 1 aliphatic heterocycles.